The smallest absolute Gasteiger partial charge is 0.224 e. The normalized spacial score (nSPS) is 14.5. The number of rotatable bonds is 5. The Kier molecular flexibility index (Phi) is 6.77. The fourth-order valence-corrected chi connectivity index (χ4v) is 3.14. The average molecular weight is 359 g/mol. The minimum Gasteiger partial charge on any atom is -0.339 e. The second kappa shape index (κ2) is 8.83. The van der Waals surface area contributed by atoms with Crippen molar-refractivity contribution in [3.05, 3.63) is 29.8 Å². The third-order valence-electron chi connectivity index (χ3n) is 4.88. The molecule has 0 N–H and O–H groups in total. The predicted molar refractivity (Wildman–Crippen MR) is 102 cm³/mol. The quantitative estimate of drug-likeness (QED) is 0.810. The lowest BCUT2D eigenvalue weighted by atomic mass is 10.0. The van der Waals surface area contributed by atoms with Gasteiger partial charge >= 0.3 is 0 Å². The maximum Gasteiger partial charge on any atom is 0.224 e. The number of hydrogen-bond donors (Lipinski definition) is 0. The Morgan fingerprint density at radius 2 is 1.50 bits per heavy atom. The van der Waals surface area contributed by atoms with E-state index in [1.54, 1.807) is 21.6 Å². The molecule has 3 amide bonds. The molecule has 0 atom stereocenters. The summed E-state index contributed by atoms with van der Waals surface area (Å²) in [6.45, 7) is 9.96. The van der Waals surface area contributed by atoms with Gasteiger partial charge < -0.3 is 14.7 Å². The van der Waals surface area contributed by atoms with Crippen LogP contribution in [0.4, 0.5) is 5.69 Å². The van der Waals surface area contributed by atoms with E-state index >= 15 is 0 Å². The molecule has 0 saturated carbocycles. The molecule has 26 heavy (non-hydrogen) atoms. The minimum atomic E-state index is -0.0727. The highest BCUT2D eigenvalue weighted by atomic mass is 16.2. The predicted octanol–water partition coefficient (Wildman–Crippen LogP) is 2.24. The molecule has 0 radical (unpaired) electrons. The molecule has 1 aromatic carbocycles. The zero-order valence-corrected chi connectivity index (χ0v) is 16.2. The minimum absolute atomic E-state index is 0.0262. The molecule has 0 aliphatic carbocycles. The molecule has 6 nitrogen and oxygen atoms in total. The first-order chi connectivity index (χ1) is 12.3. The number of hydrogen-bond acceptors (Lipinski definition) is 3. The van der Waals surface area contributed by atoms with Gasteiger partial charge in [-0.05, 0) is 23.6 Å². The highest BCUT2D eigenvalue weighted by Gasteiger charge is 2.23. The number of anilines is 1. The lowest BCUT2D eigenvalue weighted by Gasteiger charge is -2.34. The van der Waals surface area contributed by atoms with Crippen LogP contribution >= 0.6 is 0 Å². The number of piperazine rings is 1. The molecule has 0 unspecified atom stereocenters. The largest absolute Gasteiger partial charge is 0.339 e. The van der Waals surface area contributed by atoms with Crippen molar-refractivity contribution < 1.29 is 14.4 Å². The SMILES string of the molecule is CC(=O)N1CCN(C(=O)CCN(C(C)=O)c2ccc(C(C)C)cc2)CC1. The van der Waals surface area contributed by atoms with Crippen molar-refractivity contribution in [1.82, 2.24) is 9.80 Å². The molecule has 1 saturated heterocycles. The van der Waals surface area contributed by atoms with Crippen LogP contribution in [0.5, 0.6) is 0 Å². The molecule has 1 heterocycles. The van der Waals surface area contributed by atoms with Crippen molar-refractivity contribution in [2.24, 2.45) is 0 Å². The molecule has 0 aromatic heterocycles. The Morgan fingerprint density at radius 1 is 0.962 bits per heavy atom. The molecule has 2 rings (SSSR count). The van der Waals surface area contributed by atoms with Crippen LogP contribution in [0, 0.1) is 0 Å². The Balaban J connectivity index is 1.93. The Bertz CT molecular complexity index is 647. The highest BCUT2D eigenvalue weighted by molar-refractivity contribution is 5.92. The van der Waals surface area contributed by atoms with Crippen LogP contribution in [-0.4, -0.2) is 60.2 Å². The number of carbonyl (C=O) groups is 3. The first-order valence-electron chi connectivity index (χ1n) is 9.21. The number of amides is 3. The average Bonchev–Trinajstić information content (AvgIpc) is 2.62. The van der Waals surface area contributed by atoms with Crippen molar-refractivity contribution in [2.75, 3.05) is 37.6 Å². The maximum atomic E-state index is 12.5. The van der Waals surface area contributed by atoms with E-state index in [-0.39, 0.29) is 24.1 Å². The van der Waals surface area contributed by atoms with Gasteiger partial charge in [-0.25, -0.2) is 0 Å². The third-order valence-corrected chi connectivity index (χ3v) is 4.88. The first kappa shape index (κ1) is 19.9. The Morgan fingerprint density at radius 3 is 1.96 bits per heavy atom. The van der Waals surface area contributed by atoms with Gasteiger partial charge in [0.25, 0.3) is 0 Å². The van der Waals surface area contributed by atoms with E-state index in [2.05, 4.69) is 13.8 Å². The van der Waals surface area contributed by atoms with E-state index in [1.807, 2.05) is 24.3 Å². The van der Waals surface area contributed by atoms with Gasteiger partial charge in [-0.1, -0.05) is 26.0 Å². The molecular weight excluding hydrogens is 330 g/mol. The van der Waals surface area contributed by atoms with Crippen LogP contribution in [0.25, 0.3) is 0 Å². The van der Waals surface area contributed by atoms with Crippen molar-refractivity contribution in [1.29, 1.82) is 0 Å². The lowest BCUT2D eigenvalue weighted by molar-refractivity contribution is -0.138. The van der Waals surface area contributed by atoms with E-state index in [4.69, 9.17) is 0 Å². The molecular formula is C20H29N3O3. The van der Waals surface area contributed by atoms with Gasteiger partial charge in [-0.2, -0.15) is 0 Å². The van der Waals surface area contributed by atoms with Crippen LogP contribution in [0.2, 0.25) is 0 Å². The van der Waals surface area contributed by atoms with Gasteiger partial charge in [0.15, 0.2) is 0 Å². The summed E-state index contributed by atoms with van der Waals surface area (Å²) in [7, 11) is 0. The van der Waals surface area contributed by atoms with Gasteiger partial charge in [-0.3, -0.25) is 14.4 Å². The second-order valence-corrected chi connectivity index (χ2v) is 7.05. The van der Waals surface area contributed by atoms with Crippen LogP contribution in [0.3, 0.4) is 0 Å². The summed E-state index contributed by atoms with van der Waals surface area (Å²) in [6, 6.07) is 7.93. The van der Waals surface area contributed by atoms with Gasteiger partial charge in [0.2, 0.25) is 17.7 Å². The van der Waals surface area contributed by atoms with Gasteiger partial charge in [0, 0.05) is 58.7 Å². The number of carbonyl (C=O) groups excluding carboxylic acids is 3. The fourth-order valence-electron chi connectivity index (χ4n) is 3.14. The first-order valence-corrected chi connectivity index (χ1v) is 9.21. The Hall–Kier alpha value is -2.37. The topological polar surface area (TPSA) is 60.9 Å². The molecule has 1 aromatic rings. The summed E-state index contributed by atoms with van der Waals surface area (Å²) in [4.78, 5) is 41.0. The summed E-state index contributed by atoms with van der Waals surface area (Å²) >= 11 is 0. The van der Waals surface area contributed by atoms with E-state index < -0.39 is 0 Å². The molecule has 1 fully saturated rings. The number of nitrogens with zero attached hydrogens (tertiary/aromatic N) is 3. The number of benzene rings is 1. The molecule has 6 heteroatoms. The summed E-state index contributed by atoms with van der Waals surface area (Å²) in [5, 5.41) is 0. The van der Waals surface area contributed by atoms with E-state index in [9.17, 15) is 14.4 Å². The summed E-state index contributed by atoms with van der Waals surface area (Å²) in [5.74, 6) is 0.435. The van der Waals surface area contributed by atoms with Crippen molar-refractivity contribution in [3.63, 3.8) is 0 Å². The maximum absolute atomic E-state index is 12.5. The van der Waals surface area contributed by atoms with Crippen LogP contribution in [0.1, 0.15) is 45.6 Å². The lowest BCUT2D eigenvalue weighted by Crippen LogP contribution is -2.50. The fraction of sp³-hybridized carbons (Fsp3) is 0.550. The standard InChI is InChI=1S/C20H29N3O3/c1-15(2)18-5-7-19(8-6-18)23(17(4)25)10-9-20(26)22-13-11-21(12-14-22)16(3)24/h5-8,15H,9-14H2,1-4H3. The molecule has 142 valence electrons. The summed E-state index contributed by atoms with van der Waals surface area (Å²) in [5.41, 5.74) is 2.03. The zero-order chi connectivity index (χ0) is 19.3. The van der Waals surface area contributed by atoms with E-state index in [0.29, 0.717) is 38.6 Å². The molecule has 1 aliphatic heterocycles. The van der Waals surface area contributed by atoms with Crippen molar-refractivity contribution in [2.45, 2.75) is 40.0 Å². The van der Waals surface area contributed by atoms with Crippen molar-refractivity contribution in [3.8, 4) is 0 Å². The second-order valence-electron chi connectivity index (χ2n) is 7.05. The summed E-state index contributed by atoms with van der Waals surface area (Å²) in [6.07, 6.45) is 0.283. The van der Waals surface area contributed by atoms with Gasteiger partial charge in [0.1, 0.15) is 0 Å². The van der Waals surface area contributed by atoms with Gasteiger partial charge in [0.05, 0.1) is 0 Å². The molecule has 1 aliphatic rings. The highest BCUT2D eigenvalue weighted by Crippen LogP contribution is 2.20. The monoisotopic (exact) mass is 359 g/mol. The molecule has 0 spiro atoms. The summed E-state index contributed by atoms with van der Waals surface area (Å²) < 4.78 is 0. The Labute approximate surface area is 155 Å². The van der Waals surface area contributed by atoms with Crippen LogP contribution in [-0.2, 0) is 14.4 Å². The molecule has 0 bridgehead atoms. The third kappa shape index (κ3) is 5.07. The van der Waals surface area contributed by atoms with E-state index in [0.717, 1.165) is 5.69 Å². The van der Waals surface area contributed by atoms with Crippen molar-refractivity contribution >= 4 is 23.4 Å². The van der Waals surface area contributed by atoms with Gasteiger partial charge in [-0.15, -0.1) is 0 Å². The van der Waals surface area contributed by atoms with E-state index in [1.165, 1.54) is 12.5 Å². The van der Waals surface area contributed by atoms with Crippen LogP contribution in [0.15, 0.2) is 24.3 Å². The zero-order valence-electron chi connectivity index (χ0n) is 16.2. The van der Waals surface area contributed by atoms with Crippen LogP contribution < -0.4 is 4.90 Å².